The van der Waals surface area contributed by atoms with Crippen molar-refractivity contribution in [3.8, 4) is 11.1 Å². The first-order chi connectivity index (χ1) is 15.1. The second-order valence-corrected chi connectivity index (χ2v) is 8.29. The second-order valence-electron chi connectivity index (χ2n) is 8.29. The number of fused-ring (bicyclic) bond motifs is 1. The number of anilines is 1. The fourth-order valence-electron chi connectivity index (χ4n) is 3.80. The number of nitrogens with zero attached hydrogens (tertiary/aromatic N) is 3. The number of aliphatic hydroxyl groups is 1. The SMILES string of the molecule is CCC[C@@H](O)c1cc(C)c(-c2cc3cnc(NC(=O)[C@H]4CC4(F)F)cc3n(C)c2=O)cn1. The number of aromatic nitrogens is 3. The van der Waals surface area contributed by atoms with Gasteiger partial charge in [0.25, 0.3) is 11.5 Å². The molecule has 1 fully saturated rings. The Kier molecular flexibility index (Phi) is 5.54. The molecule has 0 radical (unpaired) electrons. The molecule has 0 spiro atoms. The molecule has 9 heteroatoms. The van der Waals surface area contributed by atoms with Crippen molar-refractivity contribution in [1.29, 1.82) is 0 Å². The number of halogens is 2. The van der Waals surface area contributed by atoms with Crippen LogP contribution in [0.4, 0.5) is 14.6 Å². The molecule has 1 amide bonds. The van der Waals surface area contributed by atoms with Gasteiger partial charge in [0.1, 0.15) is 11.7 Å². The highest BCUT2D eigenvalue weighted by atomic mass is 19.3. The quantitative estimate of drug-likeness (QED) is 0.606. The molecule has 7 nitrogen and oxygen atoms in total. The summed E-state index contributed by atoms with van der Waals surface area (Å²) in [5.41, 5.74) is 2.68. The maximum Gasteiger partial charge on any atom is 0.260 e. The van der Waals surface area contributed by atoms with E-state index in [0.717, 1.165) is 12.0 Å². The number of alkyl halides is 2. The molecule has 1 aliphatic carbocycles. The molecule has 2 N–H and O–H groups in total. The largest absolute Gasteiger partial charge is 0.387 e. The fraction of sp³-hybridized carbons (Fsp3) is 0.391. The Morgan fingerprint density at radius 1 is 1.28 bits per heavy atom. The van der Waals surface area contributed by atoms with Gasteiger partial charge in [-0.05, 0) is 31.0 Å². The predicted molar refractivity (Wildman–Crippen MR) is 117 cm³/mol. The van der Waals surface area contributed by atoms with Gasteiger partial charge in [-0.25, -0.2) is 13.8 Å². The molecule has 0 unspecified atom stereocenters. The van der Waals surface area contributed by atoms with E-state index < -0.39 is 30.3 Å². The molecular formula is C23H24F2N4O3. The van der Waals surface area contributed by atoms with Gasteiger partial charge in [-0.15, -0.1) is 0 Å². The molecule has 1 aliphatic rings. The summed E-state index contributed by atoms with van der Waals surface area (Å²) in [6.45, 7) is 3.84. The van der Waals surface area contributed by atoms with Gasteiger partial charge in [0, 0.05) is 48.4 Å². The van der Waals surface area contributed by atoms with Crippen LogP contribution >= 0.6 is 0 Å². The van der Waals surface area contributed by atoms with Crippen molar-refractivity contribution in [1.82, 2.24) is 14.5 Å². The summed E-state index contributed by atoms with van der Waals surface area (Å²) in [4.78, 5) is 33.5. The maximum absolute atomic E-state index is 13.1. The van der Waals surface area contributed by atoms with Crippen LogP contribution in [0.2, 0.25) is 0 Å². The normalized spacial score (nSPS) is 17.9. The Bertz CT molecular complexity index is 1270. The predicted octanol–water partition coefficient (Wildman–Crippen LogP) is 3.73. The molecule has 1 saturated carbocycles. The molecule has 168 valence electrons. The van der Waals surface area contributed by atoms with Crippen molar-refractivity contribution in [2.75, 3.05) is 5.32 Å². The van der Waals surface area contributed by atoms with Crippen LogP contribution in [0.25, 0.3) is 22.0 Å². The highest BCUT2D eigenvalue weighted by Crippen LogP contribution is 2.49. The van der Waals surface area contributed by atoms with Gasteiger partial charge in [-0.1, -0.05) is 13.3 Å². The third-order valence-electron chi connectivity index (χ3n) is 5.83. The fourth-order valence-corrected chi connectivity index (χ4v) is 3.80. The van der Waals surface area contributed by atoms with Crippen molar-refractivity contribution < 1.29 is 18.7 Å². The van der Waals surface area contributed by atoms with E-state index in [0.29, 0.717) is 34.1 Å². The average molecular weight is 442 g/mol. The van der Waals surface area contributed by atoms with Gasteiger partial charge in [0.15, 0.2) is 0 Å². The number of carbonyl (C=O) groups excluding carboxylic acids is 1. The number of nitrogens with one attached hydrogen (secondary N) is 1. The second kappa shape index (κ2) is 8.05. The van der Waals surface area contributed by atoms with E-state index in [-0.39, 0.29) is 11.4 Å². The highest BCUT2D eigenvalue weighted by molar-refractivity contribution is 5.96. The summed E-state index contributed by atoms with van der Waals surface area (Å²) in [5, 5.41) is 13.2. The zero-order valence-corrected chi connectivity index (χ0v) is 18.0. The summed E-state index contributed by atoms with van der Waals surface area (Å²) < 4.78 is 27.7. The monoisotopic (exact) mass is 442 g/mol. The summed E-state index contributed by atoms with van der Waals surface area (Å²) >= 11 is 0. The first-order valence-electron chi connectivity index (χ1n) is 10.5. The highest BCUT2D eigenvalue weighted by Gasteiger charge is 2.61. The molecule has 32 heavy (non-hydrogen) atoms. The van der Waals surface area contributed by atoms with E-state index in [1.807, 2.05) is 13.8 Å². The lowest BCUT2D eigenvalue weighted by Crippen LogP contribution is -2.21. The first kappa shape index (κ1) is 22.0. The van der Waals surface area contributed by atoms with Crippen LogP contribution in [0.1, 0.15) is 43.5 Å². The van der Waals surface area contributed by atoms with Crippen molar-refractivity contribution in [2.24, 2.45) is 13.0 Å². The molecule has 4 rings (SSSR count). The molecular weight excluding hydrogens is 418 g/mol. The van der Waals surface area contributed by atoms with Gasteiger partial charge < -0.3 is 15.0 Å². The molecule has 0 saturated heterocycles. The van der Waals surface area contributed by atoms with Crippen molar-refractivity contribution in [3.05, 3.63) is 52.2 Å². The van der Waals surface area contributed by atoms with Gasteiger partial charge in [-0.2, -0.15) is 0 Å². The lowest BCUT2D eigenvalue weighted by atomic mass is 10.0. The Hall–Kier alpha value is -3.20. The Balaban J connectivity index is 1.68. The number of aryl methyl sites for hydroxylation is 2. The van der Waals surface area contributed by atoms with Crippen LogP contribution in [0, 0.1) is 12.8 Å². The standard InChI is InChI=1S/C23H24F2N4O3/c1-4-5-19(30)17-6-12(2)15(11-26-17)14-7-13-10-27-20(8-18(13)29(3)22(14)32)28-21(31)16-9-23(16,24)25/h6-8,10-11,16,19,30H,4-5,9H2,1-3H3,(H,27,28,31)/t16-,19-/m1/s1. The maximum atomic E-state index is 13.1. The number of carbonyl (C=O) groups is 1. The minimum absolute atomic E-state index is 0.111. The van der Waals surface area contributed by atoms with E-state index in [9.17, 15) is 23.5 Å². The van der Waals surface area contributed by atoms with E-state index in [1.54, 1.807) is 25.4 Å². The van der Waals surface area contributed by atoms with Gasteiger partial charge in [0.2, 0.25) is 5.91 Å². The van der Waals surface area contributed by atoms with Crippen molar-refractivity contribution in [2.45, 2.75) is 45.1 Å². The first-order valence-corrected chi connectivity index (χ1v) is 10.5. The van der Waals surface area contributed by atoms with Crippen LogP contribution in [0.15, 0.2) is 35.4 Å². The van der Waals surface area contributed by atoms with Crippen molar-refractivity contribution >= 4 is 22.6 Å². The summed E-state index contributed by atoms with van der Waals surface area (Å²) in [7, 11) is 1.59. The lowest BCUT2D eigenvalue weighted by Gasteiger charge is -2.14. The van der Waals surface area contributed by atoms with E-state index >= 15 is 0 Å². The lowest BCUT2D eigenvalue weighted by molar-refractivity contribution is -0.119. The number of hydrogen-bond acceptors (Lipinski definition) is 5. The minimum atomic E-state index is -2.96. The third kappa shape index (κ3) is 4.00. The van der Waals surface area contributed by atoms with Gasteiger partial charge >= 0.3 is 0 Å². The Morgan fingerprint density at radius 2 is 2.00 bits per heavy atom. The van der Waals surface area contributed by atoms with Gasteiger partial charge in [-0.3, -0.25) is 14.6 Å². The smallest absolute Gasteiger partial charge is 0.260 e. The zero-order chi connectivity index (χ0) is 23.2. The van der Waals surface area contributed by atoms with E-state index in [4.69, 9.17) is 0 Å². The van der Waals surface area contributed by atoms with E-state index in [1.165, 1.54) is 16.8 Å². The molecule has 0 bridgehead atoms. The number of aliphatic hydroxyl groups excluding tert-OH is 1. The average Bonchev–Trinajstić information content (AvgIpc) is 3.40. The number of rotatable bonds is 6. The Labute approximate surface area is 183 Å². The summed E-state index contributed by atoms with van der Waals surface area (Å²) in [5.74, 6) is -4.97. The van der Waals surface area contributed by atoms with Crippen LogP contribution in [-0.4, -0.2) is 31.5 Å². The summed E-state index contributed by atoms with van der Waals surface area (Å²) in [6, 6.07) is 4.97. The minimum Gasteiger partial charge on any atom is -0.387 e. The zero-order valence-electron chi connectivity index (χ0n) is 18.0. The van der Waals surface area contributed by atoms with Crippen LogP contribution < -0.4 is 10.9 Å². The van der Waals surface area contributed by atoms with Crippen molar-refractivity contribution in [3.63, 3.8) is 0 Å². The number of hydrogen-bond donors (Lipinski definition) is 2. The number of pyridine rings is 3. The van der Waals surface area contributed by atoms with Gasteiger partial charge in [0.05, 0.1) is 17.3 Å². The van der Waals surface area contributed by atoms with Crippen LogP contribution in [0.5, 0.6) is 0 Å². The molecule has 3 aromatic rings. The molecule has 3 heterocycles. The molecule has 0 aliphatic heterocycles. The molecule has 2 atom stereocenters. The van der Waals surface area contributed by atoms with E-state index in [2.05, 4.69) is 15.3 Å². The van der Waals surface area contributed by atoms with Crippen LogP contribution in [0.3, 0.4) is 0 Å². The third-order valence-corrected chi connectivity index (χ3v) is 5.83. The Morgan fingerprint density at radius 3 is 2.62 bits per heavy atom. The molecule has 3 aromatic heterocycles. The van der Waals surface area contributed by atoms with Crippen LogP contribution in [-0.2, 0) is 11.8 Å². The molecule has 0 aromatic carbocycles. The number of amides is 1. The summed E-state index contributed by atoms with van der Waals surface area (Å²) in [6.07, 6.45) is 3.39. The topological polar surface area (TPSA) is 97.1 Å².